The lowest BCUT2D eigenvalue weighted by molar-refractivity contribution is -0.119. The Morgan fingerprint density at radius 2 is 1.97 bits per heavy atom. The Labute approximate surface area is 178 Å². The first kappa shape index (κ1) is 19.9. The molecule has 29 heavy (non-hydrogen) atoms. The van der Waals surface area contributed by atoms with Crippen LogP contribution in [0, 0.1) is 0 Å². The average molecular weight is 429 g/mol. The fourth-order valence-corrected chi connectivity index (χ4v) is 4.01. The third kappa shape index (κ3) is 5.59. The number of nitrogens with zero attached hydrogens (tertiary/aromatic N) is 3. The van der Waals surface area contributed by atoms with Crippen LogP contribution in [-0.4, -0.2) is 45.9 Å². The molecule has 1 amide bonds. The van der Waals surface area contributed by atoms with E-state index in [9.17, 15) is 4.79 Å². The van der Waals surface area contributed by atoms with Gasteiger partial charge in [-0.25, -0.2) is 0 Å². The largest absolute Gasteiger partial charge is 0.411 e. The minimum atomic E-state index is -0.0206. The van der Waals surface area contributed by atoms with Crippen LogP contribution in [0.4, 0.5) is 0 Å². The molecule has 1 aromatic heterocycles. The zero-order chi connectivity index (χ0) is 20.1. The minimum Gasteiger partial charge on any atom is -0.411 e. The molecule has 8 heteroatoms. The van der Waals surface area contributed by atoms with Gasteiger partial charge in [-0.2, -0.15) is 0 Å². The van der Waals surface area contributed by atoms with Crippen molar-refractivity contribution in [1.29, 1.82) is 0 Å². The number of halogens is 1. The van der Waals surface area contributed by atoms with Crippen LogP contribution in [0.5, 0.6) is 0 Å². The van der Waals surface area contributed by atoms with Gasteiger partial charge in [-0.3, -0.25) is 9.69 Å². The van der Waals surface area contributed by atoms with Gasteiger partial charge in [-0.05, 0) is 36.2 Å². The van der Waals surface area contributed by atoms with E-state index in [-0.39, 0.29) is 17.7 Å². The van der Waals surface area contributed by atoms with Gasteiger partial charge in [-0.15, -0.1) is 10.2 Å². The molecule has 0 radical (unpaired) electrons. The molecule has 1 fully saturated rings. The molecule has 0 spiro atoms. The summed E-state index contributed by atoms with van der Waals surface area (Å²) in [6.07, 6.45) is 0.963. The maximum atomic E-state index is 12.3. The number of amides is 1. The predicted octanol–water partition coefficient (Wildman–Crippen LogP) is 3.87. The molecule has 1 atom stereocenters. The van der Waals surface area contributed by atoms with E-state index < -0.39 is 0 Å². The summed E-state index contributed by atoms with van der Waals surface area (Å²) in [6, 6.07) is 17.7. The second-order valence-electron chi connectivity index (χ2n) is 6.94. The second kappa shape index (κ2) is 9.43. The van der Waals surface area contributed by atoms with Crippen molar-refractivity contribution in [2.45, 2.75) is 24.2 Å². The van der Waals surface area contributed by atoms with Crippen LogP contribution in [-0.2, 0) is 11.3 Å². The Kier molecular flexibility index (Phi) is 6.49. The number of hydrogen-bond donors (Lipinski definition) is 1. The zero-order valence-electron chi connectivity index (χ0n) is 15.8. The Morgan fingerprint density at radius 3 is 2.76 bits per heavy atom. The molecule has 3 aromatic rings. The summed E-state index contributed by atoms with van der Waals surface area (Å²) in [5.74, 6) is 0.641. The van der Waals surface area contributed by atoms with Crippen LogP contribution in [0.2, 0.25) is 5.02 Å². The Bertz CT molecular complexity index is 949. The average Bonchev–Trinajstić information content (AvgIpc) is 3.37. The normalized spacial score (nSPS) is 16.8. The Hall–Kier alpha value is -2.35. The van der Waals surface area contributed by atoms with Crippen molar-refractivity contribution >= 4 is 29.3 Å². The molecule has 150 valence electrons. The van der Waals surface area contributed by atoms with Crippen molar-refractivity contribution in [3.05, 3.63) is 65.2 Å². The molecule has 4 rings (SSSR count). The number of carbonyl (C=O) groups is 1. The summed E-state index contributed by atoms with van der Waals surface area (Å²) >= 11 is 7.13. The molecule has 2 heterocycles. The number of hydrogen-bond acceptors (Lipinski definition) is 6. The van der Waals surface area contributed by atoms with E-state index >= 15 is 0 Å². The third-order valence-corrected chi connectivity index (χ3v) is 5.78. The molecule has 1 saturated heterocycles. The van der Waals surface area contributed by atoms with E-state index in [4.69, 9.17) is 16.0 Å². The SMILES string of the molecule is O=C(CSc1nnc(-c2ccc(Cl)cc2)o1)N[C@@H]1CCN(Cc2ccccc2)C1. The highest BCUT2D eigenvalue weighted by Gasteiger charge is 2.24. The molecule has 0 aliphatic carbocycles. The van der Waals surface area contributed by atoms with Gasteiger partial charge in [0.25, 0.3) is 5.22 Å². The molecule has 2 aromatic carbocycles. The van der Waals surface area contributed by atoms with E-state index in [0.29, 0.717) is 16.1 Å². The first-order chi connectivity index (χ1) is 14.2. The number of benzene rings is 2. The summed E-state index contributed by atoms with van der Waals surface area (Å²) in [5, 5.41) is 12.2. The molecular weight excluding hydrogens is 408 g/mol. The van der Waals surface area contributed by atoms with Crippen LogP contribution in [0.1, 0.15) is 12.0 Å². The maximum Gasteiger partial charge on any atom is 0.277 e. The van der Waals surface area contributed by atoms with Gasteiger partial charge < -0.3 is 9.73 Å². The minimum absolute atomic E-state index is 0.0206. The van der Waals surface area contributed by atoms with Gasteiger partial charge in [-0.1, -0.05) is 53.7 Å². The first-order valence-corrected chi connectivity index (χ1v) is 10.8. The van der Waals surface area contributed by atoms with E-state index in [2.05, 4.69) is 44.7 Å². The first-order valence-electron chi connectivity index (χ1n) is 9.43. The fourth-order valence-electron chi connectivity index (χ4n) is 3.31. The van der Waals surface area contributed by atoms with Gasteiger partial charge in [0.15, 0.2) is 0 Å². The summed E-state index contributed by atoms with van der Waals surface area (Å²) in [4.78, 5) is 14.7. The van der Waals surface area contributed by atoms with Crippen molar-refractivity contribution in [1.82, 2.24) is 20.4 Å². The Morgan fingerprint density at radius 1 is 1.17 bits per heavy atom. The number of nitrogens with one attached hydrogen (secondary N) is 1. The zero-order valence-corrected chi connectivity index (χ0v) is 17.3. The van der Waals surface area contributed by atoms with Gasteiger partial charge >= 0.3 is 0 Å². The molecule has 0 bridgehead atoms. The monoisotopic (exact) mass is 428 g/mol. The topological polar surface area (TPSA) is 71.3 Å². The lowest BCUT2D eigenvalue weighted by Gasteiger charge is -2.16. The summed E-state index contributed by atoms with van der Waals surface area (Å²) in [7, 11) is 0. The van der Waals surface area contributed by atoms with Crippen molar-refractivity contribution in [2.24, 2.45) is 0 Å². The van der Waals surface area contributed by atoms with Crippen LogP contribution >= 0.6 is 23.4 Å². The molecule has 1 N–H and O–H groups in total. The summed E-state index contributed by atoms with van der Waals surface area (Å²) < 4.78 is 5.62. The van der Waals surface area contributed by atoms with Gasteiger partial charge in [0.2, 0.25) is 11.8 Å². The quantitative estimate of drug-likeness (QED) is 0.576. The molecule has 0 saturated carbocycles. The molecule has 0 unspecified atom stereocenters. The molecule has 6 nitrogen and oxygen atoms in total. The fraction of sp³-hybridized carbons (Fsp3) is 0.286. The van der Waals surface area contributed by atoms with E-state index in [1.165, 1.54) is 17.3 Å². The standard InChI is InChI=1S/C21H21ClN4O2S/c22-17-8-6-16(7-9-17)20-24-25-21(28-20)29-14-19(27)23-18-10-11-26(13-18)12-15-4-2-1-3-5-15/h1-9,18H,10-14H2,(H,23,27)/t18-/m1/s1. The van der Waals surface area contributed by atoms with Crippen molar-refractivity contribution < 1.29 is 9.21 Å². The van der Waals surface area contributed by atoms with Gasteiger partial charge in [0.05, 0.1) is 5.75 Å². The van der Waals surface area contributed by atoms with E-state index in [0.717, 1.165) is 31.6 Å². The number of thioether (sulfide) groups is 1. The number of rotatable bonds is 7. The summed E-state index contributed by atoms with van der Waals surface area (Å²) in [6.45, 7) is 2.77. The van der Waals surface area contributed by atoms with Crippen LogP contribution in [0.3, 0.4) is 0 Å². The molecular formula is C21H21ClN4O2S. The predicted molar refractivity (Wildman–Crippen MR) is 114 cm³/mol. The van der Waals surface area contributed by atoms with Crippen molar-refractivity contribution in [3.63, 3.8) is 0 Å². The third-order valence-electron chi connectivity index (χ3n) is 4.71. The van der Waals surface area contributed by atoms with Gasteiger partial charge in [0, 0.05) is 36.3 Å². The lowest BCUT2D eigenvalue weighted by atomic mass is 10.2. The smallest absolute Gasteiger partial charge is 0.277 e. The lowest BCUT2D eigenvalue weighted by Crippen LogP contribution is -2.37. The van der Waals surface area contributed by atoms with Crippen LogP contribution in [0.15, 0.2) is 64.2 Å². The van der Waals surface area contributed by atoms with Gasteiger partial charge in [0.1, 0.15) is 0 Å². The van der Waals surface area contributed by atoms with Crippen molar-refractivity contribution in [2.75, 3.05) is 18.8 Å². The van der Waals surface area contributed by atoms with E-state index in [1.807, 2.05) is 18.2 Å². The number of likely N-dealkylation sites (tertiary alicyclic amines) is 1. The highest BCUT2D eigenvalue weighted by Crippen LogP contribution is 2.24. The molecule has 1 aliphatic rings. The highest BCUT2D eigenvalue weighted by molar-refractivity contribution is 7.99. The molecule has 1 aliphatic heterocycles. The van der Waals surface area contributed by atoms with Crippen LogP contribution < -0.4 is 5.32 Å². The highest BCUT2D eigenvalue weighted by atomic mass is 35.5. The summed E-state index contributed by atoms with van der Waals surface area (Å²) in [5.41, 5.74) is 2.09. The number of carbonyl (C=O) groups excluding carboxylic acids is 1. The van der Waals surface area contributed by atoms with E-state index in [1.54, 1.807) is 12.1 Å². The Balaban J connectivity index is 1.22. The van der Waals surface area contributed by atoms with Crippen LogP contribution in [0.25, 0.3) is 11.5 Å². The number of aromatic nitrogens is 2. The van der Waals surface area contributed by atoms with Crippen molar-refractivity contribution in [3.8, 4) is 11.5 Å². The second-order valence-corrected chi connectivity index (χ2v) is 8.31. The maximum absolute atomic E-state index is 12.3.